The Bertz CT molecular complexity index is 259. The minimum Gasteiger partial charge on any atom is -0.374 e. The first kappa shape index (κ1) is 6.84. The van der Waals surface area contributed by atoms with Gasteiger partial charge in [0.05, 0.1) is 0 Å². The van der Waals surface area contributed by atoms with Crippen molar-refractivity contribution in [1.29, 1.82) is 0 Å². The maximum Gasteiger partial charge on any atom is 0.158 e. The Hall–Kier alpha value is -1.27. The highest BCUT2D eigenvalue weighted by Gasteiger charge is 2.04. The van der Waals surface area contributed by atoms with E-state index < -0.39 is 6.10 Å². The fourth-order valence-electron chi connectivity index (χ4n) is 0.664. The van der Waals surface area contributed by atoms with Crippen LogP contribution in [0.15, 0.2) is 12.3 Å². The summed E-state index contributed by atoms with van der Waals surface area (Å²) < 4.78 is 1.59. The topological polar surface area (TPSA) is 38.0 Å². The van der Waals surface area contributed by atoms with Gasteiger partial charge in [0, 0.05) is 13.2 Å². The van der Waals surface area contributed by atoms with Gasteiger partial charge in [-0.1, -0.05) is 5.92 Å². The van der Waals surface area contributed by atoms with Crippen LogP contribution in [0.25, 0.3) is 0 Å². The van der Waals surface area contributed by atoms with Gasteiger partial charge >= 0.3 is 0 Å². The number of aliphatic hydroxyl groups excluding tert-OH is 1. The molecule has 1 rings (SSSR count). The van der Waals surface area contributed by atoms with Gasteiger partial charge in [-0.05, 0) is 6.07 Å². The molecule has 1 aromatic heterocycles. The second kappa shape index (κ2) is 2.54. The summed E-state index contributed by atoms with van der Waals surface area (Å²) in [7, 11) is 1.77. The van der Waals surface area contributed by atoms with Gasteiger partial charge in [0.2, 0.25) is 0 Å². The third-order valence-corrected chi connectivity index (χ3v) is 1.17. The zero-order valence-electron chi connectivity index (χ0n) is 5.65. The van der Waals surface area contributed by atoms with E-state index in [4.69, 9.17) is 11.5 Å². The maximum atomic E-state index is 9.03. The van der Waals surface area contributed by atoms with E-state index >= 15 is 0 Å². The molecular weight excluding hydrogens is 128 g/mol. The second-order valence-electron chi connectivity index (χ2n) is 1.98. The van der Waals surface area contributed by atoms with Gasteiger partial charge in [-0.2, -0.15) is 5.10 Å². The summed E-state index contributed by atoms with van der Waals surface area (Å²) in [5, 5.41) is 12.9. The second-order valence-corrected chi connectivity index (χ2v) is 1.98. The van der Waals surface area contributed by atoms with E-state index in [1.165, 1.54) is 0 Å². The summed E-state index contributed by atoms with van der Waals surface area (Å²) in [5.74, 6) is 2.17. The van der Waals surface area contributed by atoms with Gasteiger partial charge in [-0.25, -0.2) is 0 Å². The predicted octanol–water partition coefficient (Wildman–Crippen LogP) is 0.0867. The van der Waals surface area contributed by atoms with Crippen LogP contribution in [0.5, 0.6) is 0 Å². The number of hydrogen-bond donors (Lipinski definition) is 1. The SMILES string of the molecule is C#CC(O)c1ccn(C)n1. The fraction of sp³-hybridized carbons (Fsp3) is 0.286. The van der Waals surface area contributed by atoms with Crippen molar-refractivity contribution in [2.24, 2.45) is 7.05 Å². The first-order valence-corrected chi connectivity index (χ1v) is 2.88. The normalized spacial score (nSPS) is 12.5. The molecule has 1 aromatic rings. The van der Waals surface area contributed by atoms with Crippen molar-refractivity contribution in [3.8, 4) is 12.3 Å². The highest BCUT2D eigenvalue weighted by molar-refractivity contribution is 5.12. The lowest BCUT2D eigenvalue weighted by atomic mass is 10.3. The van der Waals surface area contributed by atoms with Gasteiger partial charge in [0.25, 0.3) is 0 Å². The molecule has 0 saturated carbocycles. The van der Waals surface area contributed by atoms with E-state index in [0.717, 1.165) is 0 Å². The van der Waals surface area contributed by atoms with Gasteiger partial charge in [0.1, 0.15) is 5.69 Å². The first-order valence-electron chi connectivity index (χ1n) is 2.88. The summed E-state index contributed by atoms with van der Waals surface area (Å²) in [6, 6.07) is 1.69. The van der Waals surface area contributed by atoms with E-state index in [2.05, 4.69) is 11.0 Å². The Labute approximate surface area is 59.3 Å². The summed E-state index contributed by atoms with van der Waals surface area (Å²) in [6.45, 7) is 0. The fourth-order valence-corrected chi connectivity index (χ4v) is 0.664. The van der Waals surface area contributed by atoms with Gasteiger partial charge in [-0.15, -0.1) is 6.42 Å². The smallest absolute Gasteiger partial charge is 0.158 e. The molecule has 0 aliphatic heterocycles. The monoisotopic (exact) mass is 136 g/mol. The van der Waals surface area contributed by atoms with Gasteiger partial charge < -0.3 is 5.11 Å². The number of aryl methyl sites for hydroxylation is 1. The predicted molar refractivity (Wildman–Crippen MR) is 37.0 cm³/mol. The number of aliphatic hydroxyl groups is 1. The Morgan fingerprint density at radius 1 is 1.90 bits per heavy atom. The molecule has 52 valence electrons. The Balaban J connectivity index is 2.87. The minimum absolute atomic E-state index is 0.519. The number of terminal acetylenes is 1. The zero-order chi connectivity index (χ0) is 7.56. The standard InChI is InChI=1S/C7H8N2O/c1-3-7(10)6-4-5-9(2)8-6/h1,4-5,7,10H,2H3. The molecule has 0 radical (unpaired) electrons. The van der Waals surface area contributed by atoms with Crippen LogP contribution in [-0.2, 0) is 7.05 Å². The molecule has 10 heavy (non-hydrogen) atoms. The van der Waals surface area contributed by atoms with E-state index in [0.29, 0.717) is 5.69 Å². The van der Waals surface area contributed by atoms with Crippen LogP contribution in [0, 0.1) is 12.3 Å². The molecule has 3 nitrogen and oxygen atoms in total. The van der Waals surface area contributed by atoms with Crippen molar-refractivity contribution in [3.63, 3.8) is 0 Å². The summed E-state index contributed by atoms with van der Waals surface area (Å²) in [4.78, 5) is 0. The van der Waals surface area contributed by atoms with Crippen molar-refractivity contribution >= 4 is 0 Å². The van der Waals surface area contributed by atoms with Crippen LogP contribution >= 0.6 is 0 Å². The van der Waals surface area contributed by atoms with Crippen molar-refractivity contribution < 1.29 is 5.11 Å². The van der Waals surface area contributed by atoms with Crippen LogP contribution in [0.3, 0.4) is 0 Å². The van der Waals surface area contributed by atoms with Crippen LogP contribution < -0.4 is 0 Å². The quantitative estimate of drug-likeness (QED) is 0.555. The van der Waals surface area contributed by atoms with Crippen LogP contribution in [0.2, 0.25) is 0 Å². The van der Waals surface area contributed by atoms with Crippen LogP contribution in [0.4, 0.5) is 0 Å². The summed E-state index contributed by atoms with van der Waals surface area (Å²) >= 11 is 0. The lowest BCUT2D eigenvalue weighted by Crippen LogP contribution is -1.96. The van der Waals surface area contributed by atoms with Crippen molar-refractivity contribution in [1.82, 2.24) is 9.78 Å². The lowest BCUT2D eigenvalue weighted by Gasteiger charge is -1.94. The molecule has 0 bridgehead atoms. The Kier molecular flexibility index (Phi) is 1.74. The Morgan fingerprint density at radius 3 is 3.00 bits per heavy atom. The number of hydrogen-bond acceptors (Lipinski definition) is 2. The molecule has 0 amide bonds. The van der Waals surface area contributed by atoms with E-state index in [1.807, 2.05) is 0 Å². The molecule has 0 saturated heterocycles. The average Bonchev–Trinajstić information content (AvgIpc) is 2.34. The number of aromatic nitrogens is 2. The molecular formula is C7H8N2O. The number of nitrogens with zero attached hydrogens (tertiary/aromatic N) is 2. The average molecular weight is 136 g/mol. The highest BCUT2D eigenvalue weighted by Crippen LogP contribution is 2.06. The van der Waals surface area contributed by atoms with Crippen LogP contribution in [-0.4, -0.2) is 14.9 Å². The molecule has 0 aromatic carbocycles. The van der Waals surface area contributed by atoms with E-state index in [-0.39, 0.29) is 0 Å². The Morgan fingerprint density at radius 2 is 2.60 bits per heavy atom. The molecule has 0 fully saturated rings. The molecule has 3 heteroatoms. The summed E-state index contributed by atoms with van der Waals surface area (Å²) in [6.07, 6.45) is 5.82. The van der Waals surface area contributed by atoms with Gasteiger partial charge in [0.15, 0.2) is 6.10 Å². The molecule has 1 unspecified atom stereocenters. The minimum atomic E-state index is -0.874. The molecule has 1 atom stereocenters. The van der Waals surface area contributed by atoms with Crippen molar-refractivity contribution in [3.05, 3.63) is 18.0 Å². The molecule has 0 spiro atoms. The van der Waals surface area contributed by atoms with E-state index in [1.54, 1.807) is 24.0 Å². The first-order chi connectivity index (χ1) is 4.74. The molecule has 1 heterocycles. The summed E-state index contributed by atoms with van der Waals surface area (Å²) in [5.41, 5.74) is 0.519. The van der Waals surface area contributed by atoms with Crippen molar-refractivity contribution in [2.45, 2.75) is 6.10 Å². The van der Waals surface area contributed by atoms with Crippen molar-refractivity contribution in [2.75, 3.05) is 0 Å². The zero-order valence-corrected chi connectivity index (χ0v) is 5.65. The third-order valence-electron chi connectivity index (χ3n) is 1.17. The molecule has 0 aliphatic rings. The van der Waals surface area contributed by atoms with Crippen LogP contribution in [0.1, 0.15) is 11.8 Å². The molecule has 0 aliphatic carbocycles. The number of rotatable bonds is 1. The third kappa shape index (κ3) is 1.17. The van der Waals surface area contributed by atoms with E-state index in [9.17, 15) is 0 Å². The maximum absolute atomic E-state index is 9.03. The highest BCUT2D eigenvalue weighted by atomic mass is 16.3. The van der Waals surface area contributed by atoms with Gasteiger partial charge in [-0.3, -0.25) is 4.68 Å². The lowest BCUT2D eigenvalue weighted by molar-refractivity contribution is 0.232. The largest absolute Gasteiger partial charge is 0.374 e. The molecule has 1 N–H and O–H groups in total.